The number of imidazole rings is 1. The van der Waals surface area contributed by atoms with E-state index in [0.29, 0.717) is 22.4 Å². The number of sulfone groups is 1. The lowest BCUT2D eigenvalue weighted by atomic mass is 10.2. The fraction of sp³-hybridized carbons (Fsp3) is 0.0588. The number of aromatic nitrogens is 3. The summed E-state index contributed by atoms with van der Waals surface area (Å²) in [5, 5.41) is 0. The molecule has 6 nitrogen and oxygen atoms in total. The minimum atomic E-state index is -3.36. The van der Waals surface area contributed by atoms with Gasteiger partial charge in [-0.15, -0.1) is 0 Å². The number of benzene rings is 2. The Morgan fingerprint density at radius 3 is 2.50 bits per heavy atom. The van der Waals surface area contributed by atoms with E-state index in [2.05, 4.69) is 9.97 Å². The zero-order valence-electron chi connectivity index (χ0n) is 12.7. The number of H-pyrrole nitrogens is 1. The maximum Gasteiger partial charge on any atom is 0.274 e. The lowest BCUT2D eigenvalue weighted by Gasteiger charge is -2.08. The molecule has 0 fully saturated rings. The van der Waals surface area contributed by atoms with E-state index in [9.17, 15) is 13.2 Å². The predicted molar refractivity (Wildman–Crippen MR) is 91.9 cm³/mol. The quantitative estimate of drug-likeness (QED) is 0.607. The van der Waals surface area contributed by atoms with Gasteiger partial charge in [-0.25, -0.2) is 13.4 Å². The van der Waals surface area contributed by atoms with Crippen LogP contribution in [0.25, 0.3) is 27.9 Å². The van der Waals surface area contributed by atoms with Crippen LogP contribution in [-0.2, 0) is 9.84 Å². The van der Waals surface area contributed by atoms with E-state index >= 15 is 0 Å². The Labute approximate surface area is 137 Å². The van der Waals surface area contributed by atoms with Crippen LogP contribution < -0.4 is 5.56 Å². The second-order valence-corrected chi connectivity index (χ2v) is 7.59. The Balaban J connectivity index is 2.19. The number of hydrogen-bond donors (Lipinski definition) is 1. The third-order valence-corrected chi connectivity index (χ3v) is 5.02. The van der Waals surface area contributed by atoms with E-state index < -0.39 is 9.84 Å². The van der Waals surface area contributed by atoms with Crippen molar-refractivity contribution in [1.82, 2.24) is 14.4 Å². The molecule has 0 spiro atoms. The fourth-order valence-corrected chi connectivity index (χ4v) is 3.41. The molecule has 0 unspecified atom stereocenters. The second kappa shape index (κ2) is 5.04. The van der Waals surface area contributed by atoms with E-state index in [1.54, 1.807) is 16.5 Å². The summed E-state index contributed by atoms with van der Waals surface area (Å²) in [5.41, 5.74) is 2.07. The number of aromatic amines is 1. The summed E-state index contributed by atoms with van der Waals surface area (Å²) in [5.74, 6) is 0.590. The highest BCUT2D eigenvalue weighted by atomic mass is 32.2. The normalized spacial score (nSPS) is 12.0. The lowest BCUT2D eigenvalue weighted by Crippen LogP contribution is -2.11. The van der Waals surface area contributed by atoms with Crippen molar-refractivity contribution in [2.75, 3.05) is 6.26 Å². The topological polar surface area (TPSA) is 84.3 Å². The molecule has 2 heterocycles. The molecule has 0 saturated heterocycles. The van der Waals surface area contributed by atoms with E-state index in [0.717, 1.165) is 11.8 Å². The van der Waals surface area contributed by atoms with Crippen molar-refractivity contribution < 1.29 is 8.42 Å². The average molecular weight is 339 g/mol. The van der Waals surface area contributed by atoms with Gasteiger partial charge in [-0.2, -0.15) is 0 Å². The Kier molecular flexibility index (Phi) is 3.07. The molecule has 4 aromatic rings. The number of nitrogens with zero attached hydrogens (tertiary/aromatic N) is 2. The molecule has 0 saturated carbocycles. The molecule has 2 aromatic carbocycles. The smallest absolute Gasteiger partial charge is 0.274 e. The van der Waals surface area contributed by atoms with Crippen molar-refractivity contribution >= 4 is 26.4 Å². The largest absolute Gasteiger partial charge is 0.319 e. The Morgan fingerprint density at radius 2 is 1.79 bits per heavy atom. The summed E-state index contributed by atoms with van der Waals surface area (Å²) in [6.45, 7) is 0. The zero-order chi connectivity index (χ0) is 16.9. The summed E-state index contributed by atoms with van der Waals surface area (Å²) >= 11 is 0. The monoisotopic (exact) mass is 339 g/mol. The molecule has 1 N–H and O–H groups in total. The summed E-state index contributed by atoms with van der Waals surface area (Å²) in [7, 11) is -3.36. The molecule has 0 amide bonds. The molecule has 0 bridgehead atoms. The number of nitrogens with one attached hydrogen (secondary N) is 1. The van der Waals surface area contributed by atoms with Gasteiger partial charge in [0, 0.05) is 11.8 Å². The molecule has 0 aliphatic carbocycles. The molecule has 7 heteroatoms. The predicted octanol–water partition coefficient (Wildman–Crippen LogP) is 2.25. The first-order valence-corrected chi connectivity index (χ1v) is 9.13. The molecule has 0 radical (unpaired) electrons. The maximum atomic E-state index is 12.3. The average Bonchev–Trinajstić information content (AvgIpc) is 3.00. The van der Waals surface area contributed by atoms with Gasteiger partial charge in [-0.1, -0.05) is 30.3 Å². The molecule has 24 heavy (non-hydrogen) atoms. The van der Waals surface area contributed by atoms with Gasteiger partial charge in [-0.3, -0.25) is 9.20 Å². The second-order valence-electron chi connectivity index (χ2n) is 5.57. The highest BCUT2D eigenvalue weighted by molar-refractivity contribution is 7.90. The third kappa shape index (κ3) is 2.21. The van der Waals surface area contributed by atoms with E-state index in [1.165, 1.54) is 12.3 Å². The molecular weight excluding hydrogens is 326 g/mol. The van der Waals surface area contributed by atoms with E-state index in [-0.39, 0.29) is 10.5 Å². The standard InChI is InChI=1S/C17H13N3O3S/c1-24(22,23)12-7-8-13-14(9-12)20-15(17(21)19-13)10-18-16(20)11-5-3-2-4-6-11/h2-10H,1H3,(H,19,21). The van der Waals surface area contributed by atoms with Crippen molar-refractivity contribution in [2.45, 2.75) is 4.90 Å². The van der Waals surface area contributed by atoms with E-state index in [4.69, 9.17) is 0 Å². The van der Waals surface area contributed by atoms with Gasteiger partial charge in [0.1, 0.15) is 11.3 Å². The highest BCUT2D eigenvalue weighted by Gasteiger charge is 2.15. The van der Waals surface area contributed by atoms with Crippen LogP contribution in [0.2, 0.25) is 0 Å². The van der Waals surface area contributed by atoms with Gasteiger partial charge in [0.15, 0.2) is 9.84 Å². The Hall–Kier alpha value is -2.93. The molecule has 4 rings (SSSR count). The lowest BCUT2D eigenvalue weighted by molar-refractivity contribution is 0.602. The van der Waals surface area contributed by atoms with Gasteiger partial charge in [0.25, 0.3) is 5.56 Å². The molecule has 0 aliphatic heterocycles. The summed E-state index contributed by atoms with van der Waals surface area (Å²) < 4.78 is 25.4. The van der Waals surface area contributed by atoms with Gasteiger partial charge in [-0.05, 0) is 18.2 Å². The molecule has 0 atom stereocenters. The number of fused-ring (bicyclic) bond motifs is 3. The van der Waals surface area contributed by atoms with Crippen molar-refractivity contribution in [2.24, 2.45) is 0 Å². The van der Waals surface area contributed by atoms with Crippen molar-refractivity contribution in [3.05, 3.63) is 65.1 Å². The van der Waals surface area contributed by atoms with E-state index in [1.807, 2.05) is 30.3 Å². The number of rotatable bonds is 2. The van der Waals surface area contributed by atoms with Crippen LogP contribution in [0.15, 0.2) is 64.4 Å². The van der Waals surface area contributed by atoms with Gasteiger partial charge < -0.3 is 4.98 Å². The van der Waals surface area contributed by atoms with Crippen molar-refractivity contribution in [3.63, 3.8) is 0 Å². The maximum absolute atomic E-state index is 12.3. The first-order chi connectivity index (χ1) is 11.4. The Bertz CT molecular complexity index is 1240. The minimum Gasteiger partial charge on any atom is -0.319 e. The summed E-state index contributed by atoms with van der Waals surface area (Å²) in [6.07, 6.45) is 2.65. The third-order valence-electron chi connectivity index (χ3n) is 3.91. The molecule has 0 aliphatic rings. The van der Waals surface area contributed by atoms with Crippen LogP contribution in [-0.4, -0.2) is 29.0 Å². The summed E-state index contributed by atoms with van der Waals surface area (Å²) in [6, 6.07) is 14.1. The van der Waals surface area contributed by atoms with Crippen molar-refractivity contribution in [3.8, 4) is 11.4 Å². The zero-order valence-corrected chi connectivity index (χ0v) is 13.5. The van der Waals surface area contributed by atoms with Gasteiger partial charge in [0.2, 0.25) is 0 Å². The van der Waals surface area contributed by atoms with Crippen LogP contribution in [0.1, 0.15) is 0 Å². The van der Waals surface area contributed by atoms with Gasteiger partial charge in [0.05, 0.1) is 22.1 Å². The Morgan fingerprint density at radius 1 is 1.04 bits per heavy atom. The molecular formula is C17H13N3O3S. The first-order valence-electron chi connectivity index (χ1n) is 7.24. The van der Waals surface area contributed by atoms with Gasteiger partial charge >= 0.3 is 0 Å². The van der Waals surface area contributed by atoms with Crippen LogP contribution in [0.4, 0.5) is 0 Å². The fourth-order valence-electron chi connectivity index (χ4n) is 2.77. The van der Waals surface area contributed by atoms with Crippen LogP contribution in [0.5, 0.6) is 0 Å². The van der Waals surface area contributed by atoms with Crippen molar-refractivity contribution in [1.29, 1.82) is 0 Å². The molecule has 120 valence electrons. The highest BCUT2D eigenvalue weighted by Crippen LogP contribution is 2.24. The SMILES string of the molecule is CS(=O)(=O)c1ccc2[nH]c(=O)c3cnc(-c4ccccc4)n3c2c1. The van der Waals surface area contributed by atoms with Crippen LogP contribution in [0.3, 0.4) is 0 Å². The minimum absolute atomic E-state index is 0.191. The summed E-state index contributed by atoms with van der Waals surface area (Å²) in [4.78, 5) is 19.6. The number of hydrogen-bond acceptors (Lipinski definition) is 4. The van der Waals surface area contributed by atoms with Crippen LogP contribution >= 0.6 is 0 Å². The first kappa shape index (κ1) is 14.6. The molecule has 2 aromatic heterocycles. The van der Waals surface area contributed by atoms with Crippen LogP contribution in [0, 0.1) is 0 Å².